The average molecular weight is 344 g/mol. The van der Waals surface area contributed by atoms with E-state index in [4.69, 9.17) is 0 Å². The highest BCUT2D eigenvalue weighted by Gasteiger charge is 2.20. The van der Waals surface area contributed by atoms with Gasteiger partial charge >= 0.3 is 0 Å². The quantitative estimate of drug-likeness (QED) is 0.875. The Morgan fingerprint density at radius 3 is 2.62 bits per heavy atom. The monoisotopic (exact) mass is 344 g/mol. The van der Waals surface area contributed by atoms with Crippen molar-refractivity contribution in [1.29, 1.82) is 0 Å². The maximum atomic E-state index is 12.5. The number of fused-ring (bicyclic) bond motifs is 1. The lowest BCUT2D eigenvalue weighted by Gasteiger charge is -2.18. The van der Waals surface area contributed by atoms with Crippen molar-refractivity contribution in [3.05, 3.63) is 59.7 Å². The lowest BCUT2D eigenvalue weighted by atomic mass is 10.0. The summed E-state index contributed by atoms with van der Waals surface area (Å²) in [5.74, 6) is 0.0470. The maximum absolute atomic E-state index is 12.5. The summed E-state index contributed by atoms with van der Waals surface area (Å²) in [6.07, 6.45) is 0.944. The number of carbonyl (C=O) groups is 1. The molecule has 0 aromatic heterocycles. The van der Waals surface area contributed by atoms with E-state index in [2.05, 4.69) is 10.0 Å². The molecule has 0 spiro atoms. The van der Waals surface area contributed by atoms with Gasteiger partial charge in [0.1, 0.15) is 0 Å². The molecule has 3 rings (SSSR count). The van der Waals surface area contributed by atoms with E-state index in [9.17, 15) is 13.2 Å². The van der Waals surface area contributed by atoms with Gasteiger partial charge in [-0.15, -0.1) is 0 Å². The normalized spacial score (nSPS) is 15.5. The summed E-state index contributed by atoms with van der Waals surface area (Å²) in [4.78, 5) is 11.6. The van der Waals surface area contributed by atoms with Crippen molar-refractivity contribution in [2.75, 3.05) is 11.9 Å². The molecule has 0 saturated heterocycles. The highest BCUT2D eigenvalue weighted by Crippen LogP contribution is 2.25. The predicted octanol–water partition coefficient (Wildman–Crippen LogP) is 2.65. The molecule has 126 valence electrons. The van der Waals surface area contributed by atoms with Crippen LogP contribution in [0, 0.1) is 0 Å². The number of anilines is 1. The second-order valence-electron chi connectivity index (χ2n) is 6.03. The lowest BCUT2D eigenvalue weighted by Crippen LogP contribution is -2.28. The Morgan fingerprint density at radius 1 is 1.12 bits per heavy atom. The topological polar surface area (TPSA) is 75.3 Å². The third-order valence-corrected chi connectivity index (χ3v) is 5.65. The molecule has 24 heavy (non-hydrogen) atoms. The largest absolute Gasteiger partial charge is 0.326 e. The summed E-state index contributed by atoms with van der Waals surface area (Å²) in [6.45, 7) is 2.32. The number of benzene rings is 2. The Bertz CT molecular complexity index is 848. The van der Waals surface area contributed by atoms with Crippen molar-refractivity contribution >= 4 is 21.6 Å². The number of nitrogens with one attached hydrogen (secondary N) is 2. The van der Waals surface area contributed by atoms with E-state index in [1.807, 2.05) is 37.3 Å². The van der Waals surface area contributed by atoms with E-state index < -0.39 is 10.0 Å². The molecule has 5 nitrogen and oxygen atoms in total. The third kappa shape index (κ3) is 3.66. The molecule has 2 aromatic carbocycles. The van der Waals surface area contributed by atoms with Crippen molar-refractivity contribution in [2.45, 2.75) is 30.6 Å². The maximum Gasteiger partial charge on any atom is 0.240 e. The molecule has 1 heterocycles. The molecule has 1 aliphatic heterocycles. The minimum Gasteiger partial charge on any atom is -0.326 e. The van der Waals surface area contributed by atoms with E-state index in [-0.39, 0.29) is 16.7 Å². The number of rotatable bonds is 5. The van der Waals surface area contributed by atoms with Crippen LogP contribution < -0.4 is 10.0 Å². The number of hydrogen-bond donors (Lipinski definition) is 2. The standard InChI is InChI=1S/C18H20N2O3S/c1-13(14-5-3-2-4-6-14)12-19-24(22,23)16-8-9-17-15(11-16)7-10-18(21)20-17/h2-6,8-9,11,13,19H,7,10,12H2,1H3,(H,20,21). The van der Waals surface area contributed by atoms with Crippen LogP contribution in [0.4, 0.5) is 5.69 Å². The van der Waals surface area contributed by atoms with Gasteiger partial charge < -0.3 is 5.32 Å². The molecule has 2 aromatic rings. The fraction of sp³-hybridized carbons (Fsp3) is 0.278. The fourth-order valence-electron chi connectivity index (χ4n) is 2.74. The Hall–Kier alpha value is -2.18. The number of sulfonamides is 1. The van der Waals surface area contributed by atoms with Gasteiger partial charge in [-0.3, -0.25) is 4.79 Å². The van der Waals surface area contributed by atoms with Crippen molar-refractivity contribution < 1.29 is 13.2 Å². The van der Waals surface area contributed by atoms with Gasteiger partial charge in [-0.1, -0.05) is 37.3 Å². The Balaban J connectivity index is 1.73. The molecular weight excluding hydrogens is 324 g/mol. The lowest BCUT2D eigenvalue weighted by molar-refractivity contribution is -0.116. The Kier molecular flexibility index (Phi) is 4.69. The molecular formula is C18H20N2O3S. The van der Waals surface area contributed by atoms with Gasteiger partial charge in [0, 0.05) is 18.7 Å². The van der Waals surface area contributed by atoms with Gasteiger partial charge in [-0.05, 0) is 41.7 Å². The van der Waals surface area contributed by atoms with Gasteiger partial charge in [0.2, 0.25) is 15.9 Å². The SMILES string of the molecule is CC(CNS(=O)(=O)c1ccc2c(c1)CCC(=O)N2)c1ccccc1. The second-order valence-corrected chi connectivity index (χ2v) is 7.80. The smallest absolute Gasteiger partial charge is 0.240 e. The minimum absolute atomic E-state index is 0.0343. The highest BCUT2D eigenvalue weighted by molar-refractivity contribution is 7.89. The van der Waals surface area contributed by atoms with Crippen LogP contribution in [0.2, 0.25) is 0 Å². The summed E-state index contributed by atoms with van der Waals surface area (Å²) in [5, 5.41) is 2.76. The van der Waals surface area contributed by atoms with Crippen LogP contribution in [0.25, 0.3) is 0 Å². The Labute approximate surface area is 142 Å². The van der Waals surface area contributed by atoms with Crippen LogP contribution in [0.15, 0.2) is 53.4 Å². The molecule has 6 heteroatoms. The first-order valence-electron chi connectivity index (χ1n) is 7.93. The van der Waals surface area contributed by atoms with Gasteiger partial charge in [0.05, 0.1) is 4.90 Å². The molecule has 2 N–H and O–H groups in total. The second kappa shape index (κ2) is 6.75. The molecule has 1 amide bonds. The van der Waals surface area contributed by atoms with E-state index in [1.165, 1.54) is 6.07 Å². The van der Waals surface area contributed by atoms with E-state index in [1.54, 1.807) is 12.1 Å². The number of hydrogen-bond acceptors (Lipinski definition) is 3. The van der Waals surface area contributed by atoms with Gasteiger partial charge in [-0.25, -0.2) is 13.1 Å². The van der Waals surface area contributed by atoms with E-state index >= 15 is 0 Å². The first-order chi connectivity index (χ1) is 11.5. The number of amides is 1. The summed E-state index contributed by atoms with van der Waals surface area (Å²) < 4.78 is 27.7. The van der Waals surface area contributed by atoms with Gasteiger partial charge in [0.15, 0.2) is 0 Å². The van der Waals surface area contributed by atoms with Crippen LogP contribution in [-0.2, 0) is 21.2 Å². The van der Waals surface area contributed by atoms with Crippen molar-refractivity contribution in [1.82, 2.24) is 4.72 Å². The molecule has 0 aliphatic carbocycles. The van der Waals surface area contributed by atoms with Crippen molar-refractivity contribution in [3.63, 3.8) is 0 Å². The van der Waals surface area contributed by atoms with Crippen molar-refractivity contribution in [2.24, 2.45) is 0 Å². The zero-order valence-corrected chi connectivity index (χ0v) is 14.3. The molecule has 0 bridgehead atoms. The number of aryl methyl sites for hydroxylation is 1. The van der Waals surface area contributed by atoms with Crippen LogP contribution in [0.5, 0.6) is 0 Å². The highest BCUT2D eigenvalue weighted by atomic mass is 32.2. The molecule has 0 radical (unpaired) electrons. The van der Waals surface area contributed by atoms with E-state index in [0.717, 1.165) is 11.1 Å². The summed E-state index contributed by atoms with van der Waals surface area (Å²) in [5.41, 5.74) is 2.64. The summed E-state index contributed by atoms with van der Waals surface area (Å²) >= 11 is 0. The fourth-order valence-corrected chi connectivity index (χ4v) is 3.93. The first-order valence-corrected chi connectivity index (χ1v) is 9.41. The van der Waals surface area contributed by atoms with Crippen LogP contribution >= 0.6 is 0 Å². The summed E-state index contributed by atoms with van der Waals surface area (Å²) in [6, 6.07) is 14.6. The zero-order chi connectivity index (χ0) is 17.2. The number of carbonyl (C=O) groups excluding carboxylic acids is 1. The Morgan fingerprint density at radius 2 is 1.88 bits per heavy atom. The van der Waals surface area contributed by atoms with Gasteiger partial charge in [-0.2, -0.15) is 0 Å². The molecule has 0 fully saturated rings. The van der Waals surface area contributed by atoms with Crippen molar-refractivity contribution in [3.8, 4) is 0 Å². The molecule has 1 aliphatic rings. The zero-order valence-electron chi connectivity index (χ0n) is 13.5. The van der Waals surface area contributed by atoms with Crippen LogP contribution in [-0.4, -0.2) is 20.9 Å². The average Bonchev–Trinajstić information content (AvgIpc) is 2.60. The van der Waals surface area contributed by atoms with E-state index in [0.29, 0.717) is 25.1 Å². The van der Waals surface area contributed by atoms with Crippen LogP contribution in [0.1, 0.15) is 30.4 Å². The predicted molar refractivity (Wildman–Crippen MR) is 93.4 cm³/mol. The molecule has 1 unspecified atom stereocenters. The minimum atomic E-state index is -3.57. The molecule has 0 saturated carbocycles. The van der Waals surface area contributed by atoms with Gasteiger partial charge in [0.25, 0.3) is 0 Å². The third-order valence-electron chi connectivity index (χ3n) is 4.23. The first kappa shape index (κ1) is 16.7. The summed E-state index contributed by atoms with van der Waals surface area (Å²) in [7, 11) is -3.57. The van der Waals surface area contributed by atoms with Crippen LogP contribution in [0.3, 0.4) is 0 Å². The molecule has 1 atom stereocenters.